The van der Waals surface area contributed by atoms with E-state index in [-0.39, 0.29) is 11.7 Å². The summed E-state index contributed by atoms with van der Waals surface area (Å²) in [6.07, 6.45) is 1.43. The van der Waals surface area contributed by atoms with E-state index >= 15 is 0 Å². The summed E-state index contributed by atoms with van der Waals surface area (Å²) in [6.45, 7) is 2.79. The number of benzene rings is 2. The normalized spacial score (nSPS) is 17.1. The molecule has 0 saturated carbocycles. The molecule has 126 valence electrons. The first-order valence-corrected chi connectivity index (χ1v) is 8.40. The molecule has 0 bridgehead atoms. The Kier molecular flexibility index (Phi) is 5.14. The van der Waals surface area contributed by atoms with E-state index in [1.165, 1.54) is 17.8 Å². The van der Waals surface area contributed by atoms with Crippen molar-refractivity contribution < 1.29 is 9.18 Å². The minimum atomic E-state index is -0.272. The Morgan fingerprint density at radius 3 is 2.58 bits per heavy atom. The van der Waals surface area contributed by atoms with Crippen molar-refractivity contribution in [2.75, 3.05) is 31.6 Å². The molecule has 1 fully saturated rings. The van der Waals surface area contributed by atoms with Crippen molar-refractivity contribution in [1.29, 1.82) is 0 Å². The van der Waals surface area contributed by atoms with E-state index in [1.807, 2.05) is 18.0 Å². The van der Waals surface area contributed by atoms with Crippen molar-refractivity contribution in [3.63, 3.8) is 0 Å². The van der Waals surface area contributed by atoms with Gasteiger partial charge in [0.1, 0.15) is 5.82 Å². The van der Waals surface area contributed by atoms with Crippen LogP contribution in [-0.4, -0.2) is 37.5 Å². The molecule has 1 amide bonds. The van der Waals surface area contributed by atoms with Crippen molar-refractivity contribution in [2.45, 2.75) is 12.8 Å². The number of hydrogen-bond donors (Lipinski definition) is 0. The van der Waals surface area contributed by atoms with Crippen LogP contribution < -0.4 is 4.90 Å². The van der Waals surface area contributed by atoms with Gasteiger partial charge < -0.3 is 9.80 Å². The monoisotopic (exact) mass is 326 g/mol. The molecular weight excluding hydrogens is 303 g/mol. The smallest absolute Gasteiger partial charge is 0.226 e. The number of anilines is 1. The predicted molar refractivity (Wildman–Crippen MR) is 94.5 cm³/mol. The zero-order valence-corrected chi connectivity index (χ0v) is 14.0. The maximum atomic E-state index is 12.9. The fourth-order valence-corrected chi connectivity index (χ4v) is 3.26. The highest BCUT2D eigenvalue weighted by Gasteiger charge is 2.25. The van der Waals surface area contributed by atoms with Crippen LogP contribution in [0, 0.1) is 11.7 Å². The maximum Gasteiger partial charge on any atom is 0.226 e. The number of likely N-dealkylation sites (N-methyl/N-ethyl adjacent to an activating group) is 1. The van der Waals surface area contributed by atoms with Gasteiger partial charge in [0.15, 0.2) is 0 Å². The molecule has 1 heterocycles. The summed E-state index contributed by atoms with van der Waals surface area (Å²) in [5.74, 6) is 0.304. The third kappa shape index (κ3) is 4.13. The van der Waals surface area contributed by atoms with Crippen molar-refractivity contribution in [2.24, 2.45) is 5.92 Å². The number of carbonyl (C=O) groups is 1. The number of hydrogen-bond acceptors (Lipinski definition) is 2. The fourth-order valence-electron chi connectivity index (χ4n) is 3.26. The van der Waals surface area contributed by atoms with Crippen LogP contribution in [0.3, 0.4) is 0 Å². The van der Waals surface area contributed by atoms with E-state index < -0.39 is 0 Å². The van der Waals surface area contributed by atoms with Crippen LogP contribution in [0.4, 0.5) is 10.1 Å². The van der Waals surface area contributed by atoms with E-state index in [0.717, 1.165) is 31.6 Å². The Balaban J connectivity index is 1.50. The molecule has 0 aromatic heterocycles. The first-order chi connectivity index (χ1) is 11.6. The molecule has 0 N–H and O–H groups in total. The molecule has 2 aromatic rings. The van der Waals surface area contributed by atoms with Gasteiger partial charge in [0.25, 0.3) is 0 Å². The Bertz CT molecular complexity index is 672. The van der Waals surface area contributed by atoms with E-state index in [0.29, 0.717) is 12.3 Å². The van der Waals surface area contributed by atoms with Gasteiger partial charge >= 0.3 is 0 Å². The van der Waals surface area contributed by atoms with Crippen LogP contribution in [0.1, 0.15) is 12.0 Å². The lowest BCUT2D eigenvalue weighted by atomic mass is 10.1. The van der Waals surface area contributed by atoms with E-state index in [9.17, 15) is 9.18 Å². The summed E-state index contributed by atoms with van der Waals surface area (Å²) in [7, 11) is 1.86. The largest absolute Gasteiger partial charge is 0.371 e. The van der Waals surface area contributed by atoms with Gasteiger partial charge in [-0.15, -0.1) is 0 Å². The number of nitrogens with zero attached hydrogens (tertiary/aromatic N) is 2. The minimum Gasteiger partial charge on any atom is -0.371 e. The highest BCUT2D eigenvalue weighted by Crippen LogP contribution is 2.24. The molecule has 2 aromatic carbocycles. The van der Waals surface area contributed by atoms with Crippen LogP contribution >= 0.6 is 0 Å². The second-order valence-electron chi connectivity index (χ2n) is 6.51. The lowest BCUT2D eigenvalue weighted by molar-refractivity contribution is -0.129. The summed E-state index contributed by atoms with van der Waals surface area (Å²) in [4.78, 5) is 16.5. The van der Waals surface area contributed by atoms with Gasteiger partial charge in [0, 0.05) is 32.4 Å². The molecule has 1 saturated heterocycles. The number of halogens is 1. The SMILES string of the molecule is CN(C[C@H]1CCN(c2ccccc2)C1)C(=O)Cc1ccc(F)cc1. The van der Waals surface area contributed by atoms with Gasteiger partial charge in [-0.25, -0.2) is 4.39 Å². The maximum absolute atomic E-state index is 12.9. The van der Waals surface area contributed by atoms with Crippen molar-refractivity contribution in [3.05, 3.63) is 66.0 Å². The molecule has 0 radical (unpaired) electrons. The molecular formula is C20H23FN2O. The molecule has 0 aliphatic carbocycles. The zero-order chi connectivity index (χ0) is 16.9. The van der Waals surface area contributed by atoms with Crippen molar-refractivity contribution in [3.8, 4) is 0 Å². The van der Waals surface area contributed by atoms with Crippen LogP contribution in [0.5, 0.6) is 0 Å². The number of carbonyl (C=O) groups excluding carboxylic acids is 1. The molecule has 0 spiro atoms. The predicted octanol–water partition coefficient (Wildman–Crippen LogP) is 3.35. The van der Waals surface area contributed by atoms with E-state index in [1.54, 1.807) is 12.1 Å². The summed E-state index contributed by atoms with van der Waals surface area (Å²) in [6, 6.07) is 16.6. The standard InChI is InChI=1S/C20H23FN2O/c1-22(20(24)13-16-7-9-18(21)10-8-16)14-17-11-12-23(15-17)19-5-3-2-4-6-19/h2-10,17H,11-15H2,1H3/t17-/m1/s1. The van der Waals surface area contributed by atoms with Gasteiger partial charge in [-0.2, -0.15) is 0 Å². The second kappa shape index (κ2) is 7.47. The summed E-state index contributed by atoms with van der Waals surface area (Å²) in [5, 5.41) is 0. The van der Waals surface area contributed by atoms with Gasteiger partial charge in [0.05, 0.1) is 6.42 Å². The molecule has 3 rings (SSSR count). The Hall–Kier alpha value is -2.36. The van der Waals surface area contributed by atoms with Gasteiger partial charge in [-0.3, -0.25) is 4.79 Å². The summed E-state index contributed by atoms with van der Waals surface area (Å²) in [5.41, 5.74) is 2.10. The lowest BCUT2D eigenvalue weighted by Crippen LogP contribution is -2.34. The van der Waals surface area contributed by atoms with Gasteiger partial charge in [0.2, 0.25) is 5.91 Å². The highest BCUT2D eigenvalue weighted by molar-refractivity contribution is 5.78. The Morgan fingerprint density at radius 1 is 1.17 bits per heavy atom. The lowest BCUT2D eigenvalue weighted by Gasteiger charge is -2.22. The number of para-hydroxylation sites is 1. The molecule has 1 aliphatic rings. The van der Waals surface area contributed by atoms with Crippen LogP contribution in [-0.2, 0) is 11.2 Å². The van der Waals surface area contributed by atoms with Crippen molar-refractivity contribution in [1.82, 2.24) is 4.90 Å². The minimum absolute atomic E-state index is 0.0831. The summed E-state index contributed by atoms with van der Waals surface area (Å²) < 4.78 is 12.9. The molecule has 3 nitrogen and oxygen atoms in total. The molecule has 1 atom stereocenters. The van der Waals surface area contributed by atoms with Crippen LogP contribution in [0.2, 0.25) is 0 Å². The first kappa shape index (κ1) is 16.5. The number of rotatable bonds is 5. The third-order valence-corrected chi connectivity index (χ3v) is 4.63. The Morgan fingerprint density at radius 2 is 1.88 bits per heavy atom. The van der Waals surface area contributed by atoms with E-state index in [2.05, 4.69) is 29.2 Å². The van der Waals surface area contributed by atoms with Crippen molar-refractivity contribution >= 4 is 11.6 Å². The molecule has 4 heteroatoms. The topological polar surface area (TPSA) is 23.6 Å². The highest BCUT2D eigenvalue weighted by atomic mass is 19.1. The van der Waals surface area contributed by atoms with Crippen LogP contribution in [0.15, 0.2) is 54.6 Å². The molecule has 24 heavy (non-hydrogen) atoms. The van der Waals surface area contributed by atoms with Crippen LogP contribution in [0.25, 0.3) is 0 Å². The first-order valence-electron chi connectivity index (χ1n) is 8.40. The molecule has 1 aliphatic heterocycles. The van der Waals surface area contributed by atoms with E-state index in [4.69, 9.17) is 0 Å². The molecule has 0 unspecified atom stereocenters. The third-order valence-electron chi connectivity index (χ3n) is 4.63. The van der Waals surface area contributed by atoms with Gasteiger partial charge in [-0.1, -0.05) is 30.3 Å². The number of amides is 1. The fraction of sp³-hybridized carbons (Fsp3) is 0.350. The average molecular weight is 326 g/mol. The quantitative estimate of drug-likeness (QED) is 0.841. The zero-order valence-electron chi connectivity index (χ0n) is 14.0. The second-order valence-corrected chi connectivity index (χ2v) is 6.51. The summed E-state index contributed by atoms with van der Waals surface area (Å²) >= 11 is 0. The average Bonchev–Trinajstić information content (AvgIpc) is 3.06. The Labute approximate surface area is 142 Å². The van der Waals surface area contributed by atoms with Gasteiger partial charge in [-0.05, 0) is 42.2 Å².